The summed E-state index contributed by atoms with van der Waals surface area (Å²) in [5, 5.41) is 12.3. The molecule has 1 atom stereocenters. The predicted octanol–water partition coefficient (Wildman–Crippen LogP) is 1.72. The number of para-hydroxylation sites is 1. The second-order valence-electron chi connectivity index (χ2n) is 4.58. The van der Waals surface area contributed by atoms with Crippen LogP contribution < -0.4 is 10.5 Å². The van der Waals surface area contributed by atoms with Crippen LogP contribution in [0.3, 0.4) is 0 Å². The molecule has 0 aliphatic carbocycles. The Labute approximate surface area is 122 Å². The van der Waals surface area contributed by atoms with E-state index < -0.39 is 0 Å². The minimum atomic E-state index is 0.0884. The molecule has 1 unspecified atom stereocenters. The molecule has 108 valence electrons. The fourth-order valence-electron chi connectivity index (χ4n) is 1.82. The van der Waals surface area contributed by atoms with Crippen LogP contribution in [0, 0.1) is 0 Å². The van der Waals surface area contributed by atoms with Crippen LogP contribution in [0.15, 0.2) is 18.2 Å². The fourth-order valence-corrected chi connectivity index (χ4v) is 2.07. The lowest BCUT2D eigenvalue weighted by molar-refractivity contribution is 0.291. The van der Waals surface area contributed by atoms with E-state index in [0.717, 1.165) is 18.4 Å². The molecular weight excluding hydrogens is 278 g/mol. The molecule has 0 radical (unpaired) electrons. The first-order valence-electron chi connectivity index (χ1n) is 6.48. The van der Waals surface area contributed by atoms with Gasteiger partial charge in [0, 0.05) is 6.04 Å². The summed E-state index contributed by atoms with van der Waals surface area (Å²) in [6.07, 6.45) is 1.62. The van der Waals surface area contributed by atoms with Gasteiger partial charge in [0.25, 0.3) is 0 Å². The van der Waals surface area contributed by atoms with E-state index in [1.54, 1.807) is 13.1 Å². The number of halogens is 1. The van der Waals surface area contributed by atoms with Gasteiger partial charge in [-0.1, -0.05) is 30.7 Å². The van der Waals surface area contributed by atoms with Crippen molar-refractivity contribution in [3.63, 3.8) is 0 Å². The van der Waals surface area contributed by atoms with Gasteiger partial charge < -0.3 is 10.5 Å². The van der Waals surface area contributed by atoms with Gasteiger partial charge in [0.15, 0.2) is 6.61 Å². The second-order valence-corrected chi connectivity index (χ2v) is 4.99. The molecule has 0 saturated carbocycles. The van der Waals surface area contributed by atoms with E-state index in [1.807, 2.05) is 12.1 Å². The summed E-state index contributed by atoms with van der Waals surface area (Å²) >= 11 is 6.20. The molecule has 2 rings (SSSR count). The van der Waals surface area contributed by atoms with Crippen LogP contribution in [0.2, 0.25) is 5.02 Å². The average Bonchev–Trinajstić information content (AvgIpc) is 2.83. The predicted molar refractivity (Wildman–Crippen MR) is 76.6 cm³/mol. The van der Waals surface area contributed by atoms with Crippen molar-refractivity contribution in [1.82, 2.24) is 20.2 Å². The summed E-state index contributed by atoms with van der Waals surface area (Å²) in [4.78, 5) is 1.39. The van der Waals surface area contributed by atoms with Gasteiger partial charge in [0.05, 0.1) is 12.1 Å². The van der Waals surface area contributed by atoms with Gasteiger partial charge in [-0.05, 0) is 29.7 Å². The number of hydrogen-bond donors (Lipinski definition) is 1. The number of nitrogens with zero attached hydrogens (tertiary/aromatic N) is 4. The smallest absolute Gasteiger partial charge is 0.212 e. The summed E-state index contributed by atoms with van der Waals surface area (Å²) < 4.78 is 5.75. The topological polar surface area (TPSA) is 78.9 Å². The number of benzene rings is 1. The maximum atomic E-state index is 6.20. The summed E-state index contributed by atoms with van der Waals surface area (Å²) in [6, 6.07) is 5.75. The first-order chi connectivity index (χ1) is 9.60. The summed E-state index contributed by atoms with van der Waals surface area (Å²) in [5.41, 5.74) is 6.99. The van der Waals surface area contributed by atoms with Crippen molar-refractivity contribution in [2.75, 3.05) is 0 Å². The van der Waals surface area contributed by atoms with Crippen LogP contribution in [0.1, 0.15) is 24.7 Å². The highest BCUT2D eigenvalue weighted by Crippen LogP contribution is 2.30. The number of hydrogen-bond acceptors (Lipinski definition) is 5. The number of aromatic nitrogens is 4. The van der Waals surface area contributed by atoms with Gasteiger partial charge in [-0.15, -0.1) is 10.2 Å². The number of nitrogens with two attached hydrogens (primary N) is 1. The number of tetrazole rings is 1. The van der Waals surface area contributed by atoms with Gasteiger partial charge in [0.1, 0.15) is 5.75 Å². The molecule has 20 heavy (non-hydrogen) atoms. The molecule has 2 N–H and O–H groups in total. The fraction of sp³-hybridized carbons (Fsp3) is 0.462. The molecule has 6 nitrogen and oxygen atoms in total. The van der Waals surface area contributed by atoms with Crippen molar-refractivity contribution in [3.8, 4) is 5.75 Å². The van der Waals surface area contributed by atoms with Crippen molar-refractivity contribution >= 4 is 11.6 Å². The van der Waals surface area contributed by atoms with Gasteiger partial charge in [-0.3, -0.25) is 0 Å². The molecule has 1 aromatic carbocycles. The van der Waals surface area contributed by atoms with Crippen LogP contribution in [0.5, 0.6) is 5.75 Å². The molecule has 7 heteroatoms. The van der Waals surface area contributed by atoms with Crippen LogP contribution >= 0.6 is 11.6 Å². The Kier molecular flexibility index (Phi) is 4.92. The van der Waals surface area contributed by atoms with Crippen molar-refractivity contribution in [3.05, 3.63) is 34.6 Å². The number of ether oxygens (including phenoxy) is 1. The quantitative estimate of drug-likeness (QED) is 0.878. The Morgan fingerprint density at radius 2 is 2.25 bits per heavy atom. The van der Waals surface area contributed by atoms with Crippen molar-refractivity contribution in [1.29, 1.82) is 0 Å². The van der Waals surface area contributed by atoms with Gasteiger partial charge in [-0.25, -0.2) is 0 Å². The van der Waals surface area contributed by atoms with Crippen LogP contribution in [0.4, 0.5) is 0 Å². The zero-order valence-corrected chi connectivity index (χ0v) is 12.3. The summed E-state index contributed by atoms with van der Waals surface area (Å²) in [5.74, 6) is 1.16. The number of aryl methyl sites for hydroxylation is 1. The molecule has 0 saturated heterocycles. The maximum absolute atomic E-state index is 6.20. The molecule has 2 aromatic rings. The molecule has 0 aliphatic rings. The van der Waals surface area contributed by atoms with Crippen LogP contribution in [0.25, 0.3) is 0 Å². The van der Waals surface area contributed by atoms with Crippen molar-refractivity contribution in [2.24, 2.45) is 12.8 Å². The first kappa shape index (κ1) is 14.7. The number of rotatable bonds is 6. The second kappa shape index (κ2) is 6.67. The highest BCUT2D eigenvalue weighted by Gasteiger charge is 2.12. The highest BCUT2D eigenvalue weighted by molar-refractivity contribution is 6.32. The standard InChI is InChI=1S/C13H18ClN5O/c1-3-10(15)7-9-5-4-6-11(14)13(9)20-8-12-16-18-19(2)17-12/h4-6,10H,3,7-8,15H2,1-2H3. The Balaban J connectivity index is 2.12. The lowest BCUT2D eigenvalue weighted by Crippen LogP contribution is -2.21. The Morgan fingerprint density at radius 3 is 2.90 bits per heavy atom. The SMILES string of the molecule is CCC(N)Cc1cccc(Cl)c1OCc1nnn(C)n1. The lowest BCUT2D eigenvalue weighted by Gasteiger charge is -2.14. The van der Waals surface area contributed by atoms with Gasteiger partial charge in [-0.2, -0.15) is 4.80 Å². The third-order valence-electron chi connectivity index (χ3n) is 2.95. The molecular formula is C13H18ClN5O. The first-order valence-corrected chi connectivity index (χ1v) is 6.86. The zero-order chi connectivity index (χ0) is 14.5. The van der Waals surface area contributed by atoms with Gasteiger partial charge in [0.2, 0.25) is 5.82 Å². The van der Waals surface area contributed by atoms with Crippen molar-refractivity contribution < 1.29 is 4.74 Å². The summed E-state index contributed by atoms with van der Waals surface area (Å²) in [6.45, 7) is 2.28. The van der Waals surface area contributed by atoms with Crippen LogP contribution in [-0.4, -0.2) is 26.2 Å². The average molecular weight is 296 g/mol. The van der Waals surface area contributed by atoms with Crippen LogP contribution in [-0.2, 0) is 20.1 Å². The molecule has 0 aliphatic heterocycles. The minimum absolute atomic E-state index is 0.0884. The molecule has 0 spiro atoms. The highest BCUT2D eigenvalue weighted by atomic mass is 35.5. The van der Waals surface area contributed by atoms with Gasteiger partial charge >= 0.3 is 0 Å². The molecule has 1 heterocycles. The molecule has 0 amide bonds. The van der Waals surface area contributed by atoms with E-state index in [1.165, 1.54) is 4.80 Å². The summed E-state index contributed by atoms with van der Waals surface area (Å²) in [7, 11) is 1.71. The largest absolute Gasteiger partial charge is 0.484 e. The Hall–Kier alpha value is -1.66. The van der Waals surface area contributed by atoms with E-state index in [9.17, 15) is 0 Å². The monoisotopic (exact) mass is 295 g/mol. The van der Waals surface area contributed by atoms with E-state index in [2.05, 4.69) is 22.3 Å². The minimum Gasteiger partial charge on any atom is -0.484 e. The lowest BCUT2D eigenvalue weighted by atomic mass is 10.0. The van der Waals surface area contributed by atoms with E-state index >= 15 is 0 Å². The zero-order valence-electron chi connectivity index (χ0n) is 11.6. The van der Waals surface area contributed by atoms with Crippen molar-refractivity contribution in [2.45, 2.75) is 32.4 Å². The van der Waals surface area contributed by atoms with E-state index in [4.69, 9.17) is 22.1 Å². The van der Waals surface area contributed by atoms with E-state index in [0.29, 0.717) is 16.6 Å². The Morgan fingerprint density at radius 1 is 1.45 bits per heavy atom. The normalized spacial score (nSPS) is 12.4. The maximum Gasteiger partial charge on any atom is 0.212 e. The van der Waals surface area contributed by atoms with E-state index in [-0.39, 0.29) is 12.6 Å². The third kappa shape index (κ3) is 3.68. The molecule has 0 bridgehead atoms. The Bertz CT molecular complexity index is 572. The third-order valence-corrected chi connectivity index (χ3v) is 3.25. The molecule has 0 fully saturated rings. The molecule has 1 aromatic heterocycles.